The van der Waals surface area contributed by atoms with Gasteiger partial charge in [0.15, 0.2) is 0 Å². The molecular formula is C26H26N8O. The predicted octanol–water partition coefficient (Wildman–Crippen LogP) is 3.68. The van der Waals surface area contributed by atoms with Crippen molar-refractivity contribution in [1.82, 2.24) is 29.1 Å². The second kappa shape index (κ2) is 8.19. The van der Waals surface area contributed by atoms with Gasteiger partial charge in [0, 0.05) is 50.5 Å². The lowest BCUT2D eigenvalue weighted by Gasteiger charge is -2.18. The Labute approximate surface area is 202 Å². The standard InChI is InChI=1S/C26H26N8O/c1-16-21(8-9-23(31-16)33-10-4-5-11-33)34-24-19-12-17(18-13-29-25(27-2)30-14-18)6-7-20(19)28-15-22(24)32(3)26(34)35/h6-9,12-15H,4-5,10-11H2,1-3H3,(H,27,29,30). The van der Waals surface area contributed by atoms with Gasteiger partial charge in [0.2, 0.25) is 5.95 Å². The molecule has 35 heavy (non-hydrogen) atoms. The maximum absolute atomic E-state index is 13.5. The largest absolute Gasteiger partial charge is 0.357 e. The molecule has 176 valence electrons. The molecule has 0 aliphatic carbocycles. The minimum atomic E-state index is -0.125. The van der Waals surface area contributed by atoms with Crippen molar-refractivity contribution in [3.63, 3.8) is 0 Å². The van der Waals surface area contributed by atoms with Crippen LogP contribution in [-0.4, -0.2) is 49.2 Å². The van der Waals surface area contributed by atoms with Crippen LogP contribution in [0.5, 0.6) is 0 Å². The molecule has 0 radical (unpaired) electrons. The summed E-state index contributed by atoms with van der Waals surface area (Å²) in [5.41, 5.74) is 5.72. The highest BCUT2D eigenvalue weighted by atomic mass is 16.1. The Bertz CT molecular complexity index is 1630. The third-order valence-electron chi connectivity index (χ3n) is 6.81. The zero-order valence-electron chi connectivity index (χ0n) is 20.0. The molecule has 5 heterocycles. The Morgan fingerprint density at radius 2 is 1.71 bits per heavy atom. The van der Waals surface area contributed by atoms with E-state index >= 15 is 0 Å². The van der Waals surface area contributed by atoms with Crippen LogP contribution in [0, 0.1) is 6.92 Å². The molecule has 0 saturated carbocycles. The highest BCUT2D eigenvalue weighted by Crippen LogP contribution is 2.30. The lowest BCUT2D eigenvalue weighted by atomic mass is 10.1. The summed E-state index contributed by atoms with van der Waals surface area (Å²) < 4.78 is 3.41. The third-order valence-corrected chi connectivity index (χ3v) is 6.81. The van der Waals surface area contributed by atoms with E-state index in [-0.39, 0.29) is 5.69 Å². The monoisotopic (exact) mass is 466 g/mol. The van der Waals surface area contributed by atoms with Crippen LogP contribution in [0.4, 0.5) is 11.8 Å². The van der Waals surface area contributed by atoms with Gasteiger partial charge in [-0.25, -0.2) is 19.7 Å². The fraction of sp³-hybridized carbons (Fsp3) is 0.269. The van der Waals surface area contributed by atoms with E-state index in [0.717, 1.165) is 63.4 Å². The minimum absolute atomic E-state index is 0.125. The average molecular weight is 467 g/mol. The average Bonchev–Trinajstić information content (AvgIpc) is 3.52. The van der Waals surface area contributed by atoms with Crippen LogP contribution in [0.25, 0.3) is 38.8 Å². The molecule has 0 spiro atoms. The van der Waals surface area contributed by atoms with Crippen LogP contribution in [0.3, 0.4) is 0 Å². The van der Waals surface area contributed by atoms with Gasteiger partial charge in [0.05, 0.1) is 34.1 Å². The summed E-state index contributed by atoms with van der Waals surface area (Å²) in [6.45, 7) is 4.02. The summed E-state index contributed by atoms with van der Waals surface area (Å²) in [5.74, 6) is 1.53. The number of pyridine rings is 2. The first-order valence-corrected chi connectivity index (χ1v) is 11.8. The number of aromatic nitrogens is 6. The number of imidazole rings is 1. The van der Waals surface area contributed by atoms with Crippen LogP contribution in [0.2, 0.25) is 0 Å². The topological polar surface area (TPSA) is 93.8 Å². The molecule has 1 N–H and O–H groups in total. The van der Waals surface area contributed by atoms with E-state index in [9.17, 15) is 4.79 Å². The van der Waals surface area contributed by atoms with Gasteiger partial charge in [-0.1, -0.05) is 6.07 Å². The van der Waals surface area contributed by atoms with Crippen LogP contribution in [-0.2, 0) is 7.05 Å². The van der Waals surface area contributed by atoms with Crippen LogP contribution >= 0.6 is 0 Å². The molecule has 1 saturated heterocycles. The lowest BCUT2D eigenvalue weighted by molar-refractivity contribution is 0.837. The van der Waals surface area contributed by atoms with Crippen LogP contribution < -0.4 is 15.9 Å². The summed E-state index contributed by atoms with van der Waals surface area (Å²) >= 11 is 0. The van der Waals surface area contributed by atoms with Gasteiger partial charge < -0.3 is 10.2 Å². The number of nitrogens with zero attached hydrogens (tertiary/aromatic N) is 7. The van der Waals surface area contributed by atoms with Gasteiger partial charge in [0.1, 0.15) is 5.82 Å². The highest BCUT2D eigenvalue weighted by Gasteiger charge is 2.20. The zero-order valence-corrected chi connectivity index (χ0v) is 20.0. The number of aryl methyl sites for hydroxylation is 2. The fourth-order valence-electron chi connectivity index (χ4n) is 4.91. The van der Waals surface area contributed by atoms with Crippen molar-refractivity contribution in [2.75, 3.05) is 30.4 Å². The molecule has 0 unspecified atom stereocenters. The maximum Gasteiger partial charge on any atom is 0.333 e. The van der Waals surface area contributed by atoms with Crippen molar-refractivity contribution < 1.29 is 0 Å². The molecule has 1 fully saturated rings. The van der Waals surface area contributed by atoms with Crippen molar-refractivity contribution in [1.29, 1.82) is 0 Å². The van der Waals surface area contributed by atoms with E-state index in [2.05, 4.69) is 31.2 Å². The summed E-state index contributed by atoms with van der Waals surface area (Å²) in [6.07, 6.45) is 7.72. The molecule has 9 nitrogen and oxygen atoms in total. The number of anilines is 2. The normalized spacial score (nSPS) is 13.7. The first kappa shape index (κ1) is 21.3. The summed E-state index contributed by atoms with van der Waals surface area (Å²) in [6, 6.07) is 10.1. The van der Waals surface area contributed by atoms with E-state index < -0.39 is 0 Å². The second-order valence-corrected chi connectivity index (χ2v) is 8.91. The van der Waals surface area contributed by atoms with Crippen molar-refractivity contribution in [3.05, 3.63) is 65.1 Å². The highest BCUT2D eigenvalue weighted by molar-refractivity contribution is 6.04. The molecular weight excluding hydrogens is 440 g/mol. The van der Waals surface area contributed by atoms with Gasteiger partial charge in [-0.15, -0.1) is 0 Å². The molecule has 9 heteroatoms. The van der Waals surface area contributed by atoms with Crippen LogP contribution in [0.1, 0.15) is 18.5 Å². The predicted molar refractivity (Wildman–Crippen MR) is 138 cm³/mol. The summed E-state index contributed by atoms with van der Waals surface area (Å²) in [7, 11) is 3.57. The molecule has 0 bridgehead atoms. The molecule has 0 atom stereocenters. The van der Waals surface area contributed by atoms with Crippen molar-refractivity contribution in [2.24, 2.45) is 7.05 Å². The van der Waals surface area contributed by atoms with E-state index in [4.69, 9.17) is 4.98 Å². The van der Waals surface area contributed by atoms with E-state index in [0.29, 0.717) is 5.95 Å². The lowest BCUT2D eigenvalue weighted by Crippen LogP contribution is -2.23. The Morgan fingerprint density at radius 3 is 2.43 bits per heavy atom. The Morgan fingerprint density at radius 1 is 0.943 bits per heavy atom. The number of benzene rings is 1. The Balaban J connectivity index is 1.57. The van der Waals surface area contributed by atoms with Gasteiger partial charge >= 0.3 is 5.69 Å². The maximum atomic E-state index is 13.5. The number of rotatable bonds is 4. The summed E-state index contributed by atoms with van der Waals surface area (Å²) in [5, 5.41) is 3.83. The van der Waals surface area contributed by atoms with E-state index in [1.165, 1.54) is 12.8 Å². The van der Waals surface area contributed by atoms with Crippen molar-refractivity contribution in [2.45, 2.75) is 19.8 Å². The summed E-state index contributed by atoms with van der Waals surface area (Å²) in [4.78, 5) is 34.0. The van der Waals surface area contributed by atoms with Gasteiger partial charge in [-0.3, -0.25) is 14.1 Å². The number of hydrogen-bond acceptors (Lipinski definition) is 7. The number of nitrogens with one attached hydrogen (secondary N) is 1. The fourth-order valence-corrected chi connectivity index (χ4v) is 4.91. The van der Waals surface area contributed by atoms with Gasteiger partial charge in [-0.2, -0.15) is 0 Å². The van der Waals surface area contributed by atoms with Crippen LogP contribution in [0.15, 0.2) is 53.7 Å². The van der Waals surface area contributed by atoms with Gasteiger partial charge in [0.25, 0.3) is 0 Å². The van der Waals surface area contributed by atoms with Crippen molar-refractivity contribution in [3.8, 4) is 16.8 Å². The smallest absolute Gasteiger partial charge is 0.333 e. The Kier molecular flexibility index (Phi) is 4.98. The van der Waals surface area contributed by atoms with Gasteiger partial charge in [-0.05, 0) is 49.6 Å². The number of hydrogen-bond donors (Lipinski definition) is 1. The second-order valence-electron chi connectivity index (χ2n) is 8.91. The SMILES string of the molecule is CNc1ncc(-c2ccc3ncc4c(c3c2)n(-c2ccc(N3CCCC3)nc2C)c(=O)n4C)cn1. The number of fused-ring (bicyclic) bond motifs is 3. The molecule has 1 aliphatic heterocycles. The quantitative estimate of drug-likeness (QED) is 0.432. The minimum Gasteiger partial charge on any atom is -0.357 e. The Hall–Kier alpha value is -4.27. The molecule has 5 aromatic rings. The molecule has 1 aromatic carbocycles. The molecule has 1 aliphatic rings. The molecule has 0 amide bonds. The first-order valence-electron chi connectivity index (χ1n) is 11.8. The van der Waals surface area contributed by atoms with E-state index in [1.807, 2.05) is 31.2 Å². The first-order chi connectivity index (χ1) is 17.0. The molecule has 4 aromatic heterocycles. The van der Waals surface area contributed by atoms with Crippen molar-refractivity contribution >= 4 is 33.7 Å². The third kappa shape index (κ3) is 3.42. The van der Waals surface area contributed by atoms with E-state index in [1.54, 1.807) is 41.8 Å². The zero-order chi connectivity index (χ0) is 24.1. The molecule has 6 rings (SSSR count).